The van der Waals surface area contributed by atoms with Crippen LogP contribution < -0.4 is 4.90 Å². The zero-order valence-electron chi connectivity index (χ0n) is 15.4. The van der Waals surface area contributed by atoms with Crippen molar-refractivity contribution in [1.82, 2.24) is 9.88 Å². The topological polar surface area (TPSA) is 36.4 Å². The molecule has 1 amide bonds. The minimum absolute atomic E-state index is 0.241. The van der Waals surface area contributed by atoms with Crippen molar-refractivity contribution >= 4 is 22.6 Å². The van der Waals surface area contributed by atoms with Crippen LogP contribution in [0.15, 0.2) is 24.3 Å². The molecular weight excluding hydrogens is 329 g/mol. The molecule has 0 radical (unpaired) electrons. The summed E-state index contributed by atoms with van der Waals surface area (Å²) in [6.45, 7) is 5.27. The summed E-state index contributed by atoms with van der Waals surface area (Å²) >= 11 is 0. The maximum absolute atomic E-state index is 13.6. The second-order valence-electron chi connectivity index (χ2n) is 7.61. The number of nitrogens with zero attached hydrogens (tertiary/aromatic N) is 3. The standard InChI is InChI=1S/C21H26FN3O/c1-15-13-20(23-19-14-17(22)7-8-18(15)19)24-9-4-10-25(12-11-24)21(26)16-5-2-3-6-16/h7-8,13-14,16H,2-6,9-12H2,1H3. The number of halogens is 1. The molecule has 1 saturated heterocycles. The monoisotopic (exact) mass is 355 g/mol. The van der Waals surface area contributed by atoms with E-state index in [1.807, 2.05) is 11.8 Å². The second kappa shape index (κ2) is 7.22. The average molecular weight is 355 g/mol. The fourth-order valence-corrected chi connectivity index (χ4v) is 4.32. The highest BCUT2D eigenvalue weighted by molar-refractivity contribution is 5.84. The van der Waals surface area contributed by atoms with Gasteiger partial charge in [0.1, 0.15) is 11.6 Å². The molecule has 2 fully saturated rings. The van der Waals surface area contributed by atoms with E-state index in [4.69, 9.17) is 4.98 Å². The van der Waals surface area contributed by atoms with E-state index in [-0.39, 0.29) is 11.7 Å². The third kappa shape index (κ3) is 3.39. The van der Waals surface area contributed by atoms with Crippen LogP contribution in [0.4, 0.5) is 10.2 Å². The fourth-order valence-electron chi connectivity index (χ4n) is 4.32. The Morgan fingerprint density at radius 3 is 2.69 bits per heavy atom. The lowest BCUT2D eigenvalue weighted by molar-refractivity contribution is -0.135. The summed E-state index contributed by atoms with van der Waals surface area (Å²) < 4.78 is 13.6. The van der Waals surface area contributed by atoms with Crippen molar-refractivity contribution in [3.05, 3.63) is 35.6 Å². The highest BCUT2D eigenvalue weighted by atomic mass is 19.1. The molecule has 138 valence electrons. The lowest BCUT2D eigenvalue weighted by Crippen LogP contribution is -2.38. The van der Waals surface area contributed by atoms with E-state index < -0.39 is 0 Å². The quantitative estimate of drug-likeness (QED) is 0.819. The molecule has 4 rings (SSSR count). The third-order valence-corrected chi connectivity index (χ3v) is 5.80. The van der Waals surface area contributed by atoms with Gasteiger partial charge in [0.15, 0.2) is 0 Å². The lowest BCUT2D eigenvalue weighted by atomic mass is 10.1. The first kappa shape index (κ1) is 17.3. The van der Waals surface area contributed by atoms with Gasteiger partial charge in [-0.15, -0.1) is 0 Å². The molecule has 4 nitrogen and oxygen atoms in total. The molecule has 2 aliphatic rings. The highest BCUT2D eigenvalue weighted by Gasteiger charge is 2.28. The Morgan fingerprint density at radius 2 is 1.88 bits per heavy atom. The molecule has 1 aromatic heterocycles. The van der Waals surface area contributed by atoms with Crippen LogP contribution >= 0.6 is 0 Å². The van der Waals surface area contributed by atoms with Gasteiger partial charge in [0.05, 0.1) is 5.52 Å². The van der Waals surface area contributed by atoms with Gasteiger partial charge in [0, 0.05) is 43.5 Å². The number of benzene rings is 1. The number of fused-ring (bicyclic) bond motifs is 1. The molecule has 0 spiro atoms. The number of aryl methyl sites for hydroxylation is 1. The maximum atomic E-state index is 13.6. The first-order valence-electron chi connectivity index (χ1n) is 9.72. The normalized spacial score (nSPS) is 19.2. The van der Waals surface area contributed by atoms with Crippen LogP contribution in [0.2, 0.25) is 0 Å². The van der Waals surface area contributed by atoms with Crippen molar-refractivity contribution in [3.63, 3.8) is 0 Å². The molecule has 0 bridgehead atoms. The SMILES string of the molecule is Cc1cc(N2CCCN(C(=O)C3CCCC3)CC2)nc2cc(F)ccc12. The minimum atomic E-state index is -0.259. The van der Waals surface area contributed by atoms with Crippen LogP contribution in [0.3, 0.4) is 0 Å². The molecule has 1 aliphatic heterocycles. The van der Waals surface area contributed by atoms with Gasteiger partial charge in [-0.05, 0) is 49.9 Å². The smallest absolute Gasteiger partial charge is 0.225 e. The number of aromatic nitrogens is 1. The average Bonchev–Trinajstić information content (AvgIpc) is 3.05. The molecule has 0 atom stereocenters. The summed E-state index contributed by atoms with van der Waals surface area (Å²) in [6, 6.07) is 6.85. The Labute approximate surface area is 154 Å². The Bertz CT molecular complexity index is 816. The number of carbonyl (C=O) groups is 1. The van der Waals surface area contributed by atoms with E-state index in [0.717, 1.165) is 62.2 Å². The van der Waals surface area contributed by atoms with Crippen LogP contribution in [0.5, 0.6) is 0 Å². The van der Waals surface area contributed by atoms with E-state index in [2.05, 4.69) is 11.0 Å². The van der Waals surface area contributed by atoms with E-state index in [0.29, 0.717) is 11.4 Å². The van der Waals surface area contributed by atoms with Gasteiger partial charge in [-0.25, -0.2) is 9.37 Å². The Hall–Kier alpha value is -2.17. The van der Waals surface area contributed by atoms with Crippen molar-refractivity contribution in [2.24, 2.45) is 5.92 Å². The van der Waals surface area contributed by atoms with Crippen molar-refractivity contribution in [2.45, 2.75) is 39.0 Å². The highest BCUT2D eigenvalue weighted by Crippen LogP contribution is 2.28. The lowest BCUT2D eigenvalue weighted by Gasteiger charge is -2.25. The van der Waals surface area contributed by atoms with Gasteiger partial charge in [0.2, 0.25) is 5.91 Å². The first-order chi connectivity index (χ1) is 12.6. The molecule has 1 aliphatic carbocycles. The number of hydrogen-bond donors (Lipinski definition) is 0. The van der Waals surface area contributed by atoms with Gasteiger partial charge >= 0.3 is 0 Å². The molecular formula is C21H26FN3O. The molecule has 2 heterocycles. The maximum Gasteiger partial charge on any atom is 0.225 e. The Kier molecular flexibility index (Phi) is 4.79. The van der Waals surface area contributed by atoms with Gasteiger partial charge in [-0.3, -0.25) is 4.79 Å². The molecule has 2 aromatic rings. The number of hydrogen-bond acceptors (Lipinski definition) is 3. The van der Waals surface area contributed by atoms with E-state index in [1.54, 1.807) is 6.07 Å². The summed E-state index contributed by atoms with van der Waals surface area (Å²) in [5.74, 6) is 1.21. The Balaban J connectivity index is 1.52. The second-order valence-corrected chi connectivity index (χ2v) is 7.61. The van der Waals surface area contributed by atoms with Crippen molar-refractivity contribution in [2.75, 3.05) is 31.1 Å². The van der Waals surface area contributed by atoms with Crippen molar-refractivity contribution < 1.29 is 9.18 Å². The molecule has 5 heteroatoms. The van der Waals surface area contributed by atoms with Crippen LogP contribution in [0.1, 0.15) is 37.7 Å². The summed E-state index contributed by atoms with van der Waals surface area (Å²) in [6.07, 6.45) is 5.42. The number of amides is 1. The van der Waals surface area contributed by atoms with E-state index in [1.165, 1.54) is 25.0 Å². The van der Waals surface area contributed by atoms with Gasteiger partial charge < -0.3 is 9.80 Å². The largest absolute Gasteiger partial charge is 0.355 e. The predicted octanol–water partition coefficient (Wildman–Crippen LogP) is 3.91. The van der Waals surface area contributed by atoms with Gasteiger partial charge in [-0.2, -0.15) is 0 Å². The van der Waals surface area contributed by atoms with Crippen molar-refractivity contribution in [3.8, 4) is 0 Å². The Morgan fingerprint density at radius 1 is 1.08 bits per heavy atom. The van der Waals surface area contributed by atoms with Crippen LogP contribution in [-0.4, -0.2) is 42.0 Å². The van der Waals surface area contributed by atoms with Crippen LogP contribution in [0, 0.1) is 18.7 Å². The molecule has 0 N–H and O–H groups in total. The minimum Gasteiger partial charge on any atom is -0.355 e. The van der Waals surface area contributed by atoms with Crippen molar-refractivity contribution in [1.29, 1.82) is 0 Å². The zero-order valence-corrected chi connectivity index (χ0v) is 15.4. The van der Waals surface area contributed by atoms with E-state index in [9.17, 15) is 9.18 Å². The van der Waals surface area contributed by atoms with Crippen LogP contribution in [0.25, 0.3) is 10.9 Å². The number of anilines is 1. The summed E-state index contributed by atoms with van der Waals surface area (Å²) in [5.41, 5.74) is 1.80. The number of rotatable bonds is 2. The van der Waals surface area contributed by atoms with Crippen LogP contribution in [-0.2, 0) is 4.79 Å². The van der Waals surface area contributed by atoms with Gasteiger partial charge in [-0.1, -0.05) is 12.8 Å². The number of pyridine rings is 1. The van der Waals surface area contributed by atoms with Gasteiger partial charge in [0.25, 0.3) is 0 Å². The third-order valence-electron chi connectivity index (χ3n) is 5.80. The number of carbonyl (C=O) groups excluding carboxylic acids is 1. The summed E-state index contributed by atoms with van der Waals surface area (Å²) in [4.78, 5) is 21.7. The molecule has 0 unspecified atom stereocenters. The van der Waals surface area contributed by atoms with E-state index >= 15 is 0 Å². The molecule has 1 aromatic carbocycles. The summed E-state index contributed by atoms with van der Waals surface area (Å²) in [7, 11) is 0. The zero-order chi connectivity index (χ0) is 18.1. The molecule has 26 heavy (non-hydrogen) atoms. The first-order valence-corrected chi connectivity index (χ1v) is 9.72. The summed E-state index contributed by atoms with van der Waals surface area (Å²) in [5, 5.41) is 0.989. The molecule has 1 saturated carbocycles. The fraction of sp³-hybridized carbons (Fsp3) is 0.524. The predicted molar refractivity (Wildman–Crippen MR) is 102 cm³/mol.